The van der Waals surface area contributed by atoms with E-state index >= 15 is 0 Å². The number of hydrogen-bond donors (Lipinski definition) is 0. The van der Waals surface area contributed by atoms with E-state index in [9.17, 15) is 14.0 Å². The van der Waals surface area contributed by atoms with Crippen molar-refractivity contribution >= 4 is 45.9 Å². The van der Waals surface area contributed by atoms with Crippen LogP contribution in [0.5, 0.6) is 0 Å². The molecule has 40 heavy (non-hydrogen) atoms. The summed E-state index contributed by atoms with van der Waals surface area (Å²) in [5.74, 6) is -0.163. The Morgan fingerprint density at radius 2 is 1.85 bits per heavy atom. The Hall–Kier alpha value is -3.36. The van der Waals surface area contributed by atoms with Gasteiger partial charge in [0, 0.05) is 29.8 Å². The van der Waals surface area contributed by atoms with Crippen LogP contribution in [0.2, 0.25) is 5.02 Å². The predicted octanol–water partition coefficient (Wildman–Crippen LogP) is 6.32. The lowest BCUT2D eigenvalue weighted by Gasteiger charge is -2.37. The van der Waals surface area contributed by atoms with Gasteiger partial charge in [-0.15, -0.1) is 0 Å². The van der Waals surface area contributed by atoms with Gasteiger partial charge in [0.25, 0.3) is 5.56 Å². The number of piperazine rings is 1. The van der Waals surface area contributed by atoms with Crippen molar-refractivity contribution in [2.75, 3.05) is 18.0 Å². The zero-order valence-electron chi connectivity index (χ0n) is 22.2. The van der Waals surface area contributed by atoms with Crippen molar-refractivity contribution in [3.05, 3.63) is 94.0 Å². The van der Waals surface area contributed by atoms with Gasteiger partial charge in [0.1, 0.15) is 5.82 Å². The van der Waals surface area contributed by atoms with Crippen molar-refractivity contribution in [1.29, 1.82) is 0 Å². The van der Waals surface area contributed by atoms with Crippen molar-refractivity contribution < 1.29 is 9.18 Å². The normalized spacial score (nSPS) is 19.0. The van der Waals surface area contributed by atoms with Gasteiger partial charge in [-0.25, -0.2) is 9.37 Å². The molecule has 206 valence electrons. The van der Waals surface area contributed by atoms with Crippen LogP contribution in [0, 0.1) is 5.82 Å². The third-order valence-electron chi connectivity index (χ3n) is 7.84. The number of halogens is 2. The summed E-state index contributed by atoms with van der Waals surface area (Å²) < 4.78 is 15.0. The third-order valence-corrected chi connectivity index (χ3v) is 9.28. The van der Waals surface area contributed by atoms with Gasteiger partial charge in [-0.3, -0.25) is 14.2 Å². The number of fused-ring (bicyclic) bond motifs is 3. The molecule has 0 radical (unpaired) electrons. The van der Waals surface area contributed by atoms with E-state index in [0.717, 1.165) is 31.5 Å². The fourth-order valence-corrected chi connectivity index (χ4v) is 7.26. The first-order chi connectivity index (χ1) is 19.4. The molecule has 2 fully saturated rings. The molecule has 2 bridgehead atoms. The van der Waals surface area contributed by atoms with Crippen LogP contribution in [-0.2, 0) is 4.79 Å². The van der Waals surface area contributed by atoms with Gasteiger partial charge in [-0.05, 0) is 67.4 Å². The highest BCUT2D eigenvalue weighted by molar-refractivity contribution is 8.00. The van der Waals surface area contributed by atoms with Crippen molar-refractivity contribution in [3.63, 3.8) is 0 Å². The first kappa shape index (κ1) is 26.8. The lowest BCUT2D eigenvalue weighted by Crippen LogP contribution is -2.51. The summed E-state index contributed by atoms with van der Waals surface area (Å²) >= 11 is 7.67. The highest BCUT2D eigenvalue weighted by Crippen LogP contribution is 2.37. The molecule has 0 N–H and O–H groups in total. The van der Waals surface area contributed by atoms with Crippen LogP contribution in [0.4, 0.5) is 10.1 Å². The van der Waals surface area contributed by atoms with Gasteiger partial charge < -0.3 is 9.80 Å². The van der Waals surface area contributed by atoms with Crippen molar-refractivity contribution in [2.45, 2.75) is 55.1 Å². The quantitative estimate of drug-likeness (QED) is 0.181. The number of benzene rings is 3. The molecule has 4 aromatic rings. The minimum absolute atomic E-state index is 0.0877. The first-order valence-electron chi connectivity index (χ1n) is 13.7. The molecule has 1 amide bonds. The molecule has 0 saturated carbocycles. The number of carbonyl (C=O) groups is 1. The van der Waals surface area contributed by atoms with Crippen LogP contribution in [0.25, 0.3) is 16.6 Å². The number of unbranched alkanes of at least 4 members (excludes halogenated alkanes) is 1. The average Bonchev–Trinajstić information content (AvgIpc) is 3.57. The number of likely N-dealkylation sites (tertiary alicyclic amines) is 1. The monoisotopic (exact) mass is 576 g/mol. The van der Waals surface area contributed by atoms with Gasteiger partial charge in [-0.2, -0.15) is 0 Å². The Kier molecular flexibility index (Phi) is 7.55. The molecular weight excluding hydrogens is 547 g/mol. The van der Waals surface area contributed by atoms with Crippen molar-refractivity contribution in [3.8, 4) is 5.69 Å². The minimum atomic E-state index is -0.378. The Bertz CT molecular complexity index is 1610. The fraction of sp³-hybridized carbons (Fsp3) is 0.323. The summed E-state index contributed by atoms with van der Waals surface area (Å²) in [4.78, 5) is 37.0. The fourth-order valence-electron chi connectivity index (χ4n) is 5.85. The molecule has 6 nitrogen and oxygen atoms in total. The van der Waals surface area contributed by atoms with Crippen LogP contribution >= 0.6 is 23.4 Å². The first-order valence-corrected chi connectivity index (χ1v) is 15.0. The number of para-hydroxylation sites is 1. The minimum Gasteiger partial charge on any atom is -0.365 e. The van der Waals surface area contributed by atoms with E-state index in [1.54, 1.807) is 28.8 Å². The standard InChI is InChI=1S/C31H30ClFN4O2S/c1-2-3-11-28(30(39)36-19-24-17-25(36)18-35(24)22-14-12-21(33)13-15-22)40-31-34-27-10-5-4-9-26(27)29(38)37(31)23-8-6-7-20(32)16-23/h4-10,12-16,24-25,28H,2-3,11,17-19H2,1H3. The molecule has 6 rings (SSSR count). The lowest BCUT2D eigenvalue weighted by molar-refractivity contribution is -0.131. The molecule has 9 heteroatoms. The summed E-state index contributed by atoms with van der Waals surface area (Å²) in [7, 11) is 0. The molecule has 0 aliphatic carbocycles. The summed E-state index contributed by atoms with van der Waals surface area (Å²) in [6.45, 7) is 3.48. The molecular formula is C31H30ClFN4O2S. The van der Waals surface area contributed by atoms with Crippen LogP contribution in [0.15, 0.2) is 82.7 Å². The molecule has 2 aliphatic rings. The van der Waals surface area contributed by atoms with E-state index in [2.05, 4.69) is 11.8 Å². The van der Waals surface area contributed by atoms with Gasteiger partial charge in [0.15, 0.2) is 5.16 Å². The Morgan fingerprint density at radius 3 is 2.58 bits per heavy atom. The maximum Gasteiger partial charge on any atom is 0.266 e. The number of hydrogen-bond acceptors (Lipinski definition) is 5. The van der Waals surface area contributed by atoms with E-state index in [-0.39, 0.29) is 34.6 Å². The average molecular weight is 577 g/mol. The van der Waals surface area contributed by atoms with E-state index in [4.69, 9.17) is 16.6 Å². The van der Waals surface area contributed by atoms with Crippen molar-refractivity contribution in [2.24, 2.45) is 0 Å². The second kappa shape index (κ2) is 11.3. The molecule has 2 aliphatic heterocycles. The van der Waals surface area contributed by atoms with Crippen LogP contribution in [0.1, 0.15) is 32.6 Å². The molecule has 1 aromatic heterocycles. The van der Waals surface area contributed by atoms with E-state index in [0.29, 0.717) is 39.7 Å². The summed E-state index contributed by atoms with van der Waals surface area (Å²) in [6.07, 6.45) is 3.44. The Morgan fingerprint density at radius 1 is 1.05 bits per heavy atom. The lowest BCUT2D eigenvalue weighted by atomic mass is 10.1. The Balaban J connectivity index is 1.31. The second-order valence-electron chi connectivity index (χ2n) is 10.4. The van der Waals surface area contributed by atoms with Gasteiger partial charge in [0.05, 0.1) is 27.9 Å². The summed E-state index contributed by atoms with van der Waals surface area (Å²) in [6, 6.07) is 21.3. The van der Waals surface area contributed by atoms with Gasteiger partial charge in [-0.1, -0.05) is 61.3 Å². The molecule has 3 unspecified atom stereocenters. The van der Waals surface area contributed by atoms with Gasteiger partial charge in [0.2, 0.25) is 5.91 Å². The molecule has 3 heterocycles. The predicted molar refractivity (Wildman–Crippen MR) is 159 cm³/mol. The maximum atomic E-state index is 14.1. The zero-order chi connectivity index (χ0) is 27.8. The smallest absolute Gasteiger partial charge is 0.266 e. The van der Waals surface area contributed by atoms with E-state index in [1.165, 1.54) is 23.9 Å². The molecule has 3 aromatic carbocycles. The number of carbonyl (C=O) groups excluding carboxylic acids is 1. The highest BCUT2D eigenvalue weighted by atomic mass is 35.5. The maximum absolute atomic E-state index is 14.1. The number of nitrogens with zero attached hydrogens (tertiary/aromatic N) is 4. The highest BCUT2D eigenvalue weighted by Gasteiger charge is 2.46. The SMILES string of the molecule is CCCCC(Sc1nc2ccccc2c(=O)n1-c1cccc(Cl)c1)C(=O)N1CC2CC1CN2c1ccc(F)cc1. The third kappa shape index (κ3) is 5.10. The zero-order valence-corrected chi connectivity index (χ0v) is 23.7. The Labute approximate surface area is 241 Å². The van der Waals surface area contributed by atoms with Gasteiger partial charge >= 0.3 is 0 Å². The number of anilines is 1. The van der Waals surface area contributed by atoms with Crippen LogP contribution < -0.4 is 10.5 Å². The molecule has 3 atom stereocenters. The van der Waals surface area contributed by atoms with Crippen LogP contribution in [-0.4, -0.2) is 50.8 Å². The van der Waals surface area contributed by atoms with E-state index < -0.39 is 0 Å². The van der Waals surface area contributed by atoms with Crippen molar-refractivity contribution in [1.82, 2.24) is 14.5 Å². The van der Waals surface area contributed by atoms with E-state index in [1.807, 2.05) is 41.3 Å². The van der Waals surface area contributed by atoms with Crippen LogP contribution in [0.3, 0.4) is 0 Å². The molecule has 0 spiro atoms. The second-order valence-corrected chi connectivity index (χ2v) is 12.0. The summed E-state index contributed by atoms with van der Waals surface area (Å²) in [5, 5.41) is 1.14. The number of amides is 1. The topological polar surface area (TPSA) is 58.4 Å². The largest absolute Gasteiger partial charge is 0.365 e. The summed E-state index contributed by atoms with van der Waals surface area (Å²) in [5.41, 5.74) is 2.02. The number of rotatable bonds is 8. The molecule has 2 saturated heterocycles. The number of aromatic nitrogens is 2. The number of thioether (sulfide) groups is 1.